The number of terminal acetylenes is 1. The fraction of sp³-hybridized carbons (Fsp3) is 0.333. The van der Waals surface area contributed by atoms with E-state index < -0.39 is 15.6 Å². The fourth-order valence-electron chi connectivity index (χ4n) is 1.52. The topological polar surface area (TPSA) is 75.6 Å². The smallest absolute Gasteiger partial charge is 0.285 e. The summed E-state index contributed by atoms with van der Waals surface area (Å²) in [6.45, 7) is 0. The van der Waals surface area contributed by atoms with Gasteiger partial charge < -0.3 is 5.32 Å². The zero-order chi connectivity index (χ0) is 15.9. The van der Waals surface area contributed by atoms with Crippen molar-refractivity contribution in [3.8, 4) is 12.3 Å². The molecule has 1 rings (SSSR count). The number of hydrogen-bond acceptors (Lipinski definition) is 3. The molecule has 0 aliphatic carbocycles. The molecule has 0 aliphatic heterocycles. The highest BCUT2D eigenvalue weighted by atomic mass is 32.2. The lowest BCUT2D eigenvalue weighted by atomic mass is 10.2. The van der Waals surface area contributed by atoms with Gasteiger partial charge in [-0.25, -0.2) is 4.21 Å². The number of hydrogen-bond donors (Lipinski definition) is 1. The second kappa shape index (κ2) is 7.60. The molecule has 1 N–H and O–H groups in total. The van der Waals surface area contributed by atoms with Gasteiger partial charge in [0.2, 0.25) is 5.91 Å². The monoisotopic (exact) mass is 306 g/mol. The van der Waals surface area contributed by atoms with Gasteiger partial charge in [-0.05, 0) is 30.7 Å². The van der Waals surface area contributed by atoms with Crippen LogP contribution in [0.5, 0.6) is 0 Å². The number of anilines is 1. The van der Waals surface area contributed by atoms with Crippen molar-refractivity contribution in [3.63, 3.8) is 0 Å². The van der Waals surface area contributed by atoms with Gasteiger partial charge in [-0.1, -0.05) is 0 Å². The number of nitrogens with one attached hydrogen (secondary N) is 1. The Balaban J connectivity index is 2.67. The molecular weight excluding hydrogens is 288 g/mol. The summed E-state index contributed by atoms with van der Waals surface area (Å²) in [6.07, 6.45) is 9.47. The molecular formula is C15H18N2O3S. The van der Waals surface area contributed by atoms with E-state index in [-0.39, 0.29) is 5.91 Å². The maximum absolute atomic E-state index is 11.7. The lowest BCUT2D eigenvalue weighted by Gasteiger charge is -2.05. The van der Waals surface area contributed by atoms with Crippen LogP contribution in [0.15, 0.2) is 28.6 Å². The molecule has 0 aromatic heterocycles. The van der Waals surface area contributed by atoms with Crippen LogP contribution in [0.2, 0.25) is 0 Å². The summed E-state index contributed by atoms with van der Waals surface area (Å²) in [6, 6.07) is 6.28. The van der Waals surface area contributed by atoms with E-state index in [1.54, 1.807) is 12.1 Å². The predicted octanol–water partition coefficient (Wildman–Crippen LogP) is 2.30. The van der Waals surface area contributed by atoms with E-state index in [1.807, 2.05) is 0 Å². The van der Waals surface area contributed by atoms with Crippen LogP contribution < -0.4 is 5.32 Å². The number of rotatable bonds is 5. The van der Waals surface area contributed by atoms with Gasteiger partial charge in [0.15, 0.2) is 0 Å². The second-order valence-electron chi connectivity index (χ2n) is 4.76. The SMILES string of the molecule is C#CCCCC(=O)Nc1ccc(C(=O)N=S(C)(C)=O)cc1. The predicted molar refractivity (Wildman–Crippen MR) is 84.5 cm³/mol. The minimum absolute atomic E-state index is 0.126. The Bertz CT molecular complexity index is 670. The zero-order valence-electron chi connectivity index (χ0n) is 12.1. The van der Waals surface area contributed by atoms with E-state index in [9.17, 15) is 13.8 Å². The Morgan fingerprint density at radius 3 is 2.43 bits per heavy atom. The summed E-state index contributed by atoms with van der Waals surface area (Å²) in [5.74, 6) is 1.82. The van der Waals surface area contributed by atoms with Gasteiger partial charge in [-0.15, -0.1) is 12.3 Å². The van der Waals surface area contributed by atoms with Crippen molar-refractivity contribution in [1.29, 1.82) is 0 Å². The quantitative estimate of drug-likeness (QED) is 0.670. The van der Waals surface area contributed by atoms with Crippen LogP contribution in [0.25, 0.3) is 0 Å². The summed E-state index contributed by atoms with van der Waals surface area (Å²) < 4.78 is 15.1. The minimum atomic E-state index is -2.47. The van der Waals surface area contributed by atoms with Gasteiger partial charge in [-0.3, -0.25) is 9.59 Å². The second-order valence-corrected chi connectivity index (χ2v) is 7.31. The number of carbonyl (C=O) groups is 2. The molecule has 21 heavy (non-hydrogen) atoms. The highest BCUT2D eigenvalue weighted by Crippen LogP contribution is 2.12. The lowest BCUT2D eigenvalue weighted by molar-refractivity contribution is -0.116. The number of benzene rings is 1. The highest BCUT2D eigenvalue weighted by Gasteiger charge is 2.07. The molecule has 2 amide bonds. The molecule has 6 heteroatoms. The molecule has 0 saturated carbocycles. The van der Waals surface area contributed by atoms with Crippen LogP contribution in [0.3, 0.4) is 0 Å². The molecule has 0 saturated heterocycles. The van der Waals surface area contributed by atoms with E-state index in [2.05, 4.69) is 15.6 Å². The third-order valence-electron chi connectivity index (χ3n) is 2.44. The Kier molecular flexibility index (Phi) is 6.12. The number of nitrogens with zero attached hydrogens (tertiary/aromatic N) is 1. The fourth-order valence-corrected chi connectivity index (χ4v) is 2.03. The largest absolute Gasteiger partial charge is 0.326 e. The van der Waals surface area contributed by atoms with E-state index in [0.29, 0.717) is 30.5 Å². The van der Waals surface area contributed by atoms with Gasteiger partial charge in [0, 0.05) is 46.3 Å². The van der Waals surface area contributed by atoms with E-state index >= 15 is 0 Å². The highest BCUT2D eigenvalue weighted by molar-refractivity contribution is 7.92. The van der Waals surface area contributed by atoms with Crippen LogP contribution in [0, 0.1) is 12.3 Å². The molecule has 0 unspecified atom stereocenters. The van der Waals surface area contributed by atoms with Crippen LogP contribution in [-0.2, 0) is 14.5 Å². The van der Waals surface area contributed by atoms with Crippen LogP contribution in [0.4, 0.5) is 5.69 Å². The summed E-state index contributed by atoms with van der Waals surface area (Å²) in [5, 5.41) is 2.71. The van der Waals surface area contributed by atoms with Crippen molar-refractivity contribution < 1.29 is 13.8 Å². The molecule has 112 valence electrons. The van der Waals surface area contributed by atoms with Crippen molar-refractivity contribution in [3.05, 3.63) is 29.8 Å². The molecule has 0 aliphatic rings. The van der Waals surface area contributed by atoms with Crippen LogP contribution in [0.1, 0.15) is 29.6 Å². The molecule has 0 heterocycles. The van der Waals surface area contributed by atoms with Gasteiger partial charge in [0.1, 0.15) is 0 Å². The third kappa shape index (κ3) is 6.72. The van der Waals surface area contributed by atoms with Crippen LogP contribution >= 0.6 is 0 Å². The normalized spacial score (nSPS) is 10.5. The third-order valence-corrected chi connectivity index (χ3v) is 3.05. The van der Waals surface area contributed by atoms with Crippen molar-refractivity contribution >= 4 is 27.2 Å². The van der Waals surface area contributed by atoms with Crippen molar-refractivity contribution in [1.82, 2.24) is 0 Å². The lowest BCUT2D eigenvalue weighted by Crippen LogP contribution is -2.11. The van der Waals surface area contributed by atoms with Gasteiger partial charge in [0.25, 0.3) is 5.91 Å². The first-order valence-electron chi connectivity index (χ1n) is 6.36. The molecule has 0 bridgehead atoms. The molecule has 1 aromatic rings. The Labute approximate surface area is 125 Å². The minimum Gasteiger partial charge on any atom is -0.326 e. The Morgan fingerprint density at radius 2 is 1.90 bits per heavy atom. The summed E-state index contributed by atoms with van der Waals surface area (Å²) in [4.78, 5) is 23.3. The maximum atomic E-state index is 11.7. The molecule has 1 aromatic carbocycles. The van der Waals surface area contributed by atoms with E-state index in [1.165, 1.54) is 24.6 Å². The Hall–Kier alpha value is -2.13. The zero-order valence-corrected chi connectivity index (χ0v) is 12.9. The number of unbranched alkanes of at least 4 members (excludes halogenated alkanes) is 1. The van der Waals surface area contributed by atoms with Gasteiger partial charge in [0.05, 0.1) is 0 Å². The number of amides is 2. The summed E-state index contributed by atoms with van der Waals surface area (Å²) in [5.41, 5.74) is 0.919. The van der Waals surface area contributed by atoms with Crippen molar-refractivity contribution in [2.24, 2.45) is 4.36 Å². The Morgan fingerprint density at radius 1 is 1.29 bits per heavy atom. The van der Waals surface area contributed by atoms with E-state index in [0.717, 1.165) is 0 Å². The van der Waals surface area contributed by atoms with Gasteiger partial charge >= 0.3 is 0 Å². The van der Waals surface area contributed by atoms with Crippen LogP contribution in [-0.4, -0.2) is 28.5 Å². The maximum Gasteiger partial charge on any atom is 0.285 e. The van der Waals surface area contributed by atoms with Gasteiger partial charge in [-0.2, -0.15) is 4.36 Å². The molecule has 0 spiro atoms. The first-order chi connectivity index (χ1) is 9.81. The first kappa shape index (κ1) is 16.9. The van der Waals surface area contributed by atoms with E-state index in [4.69, 9.17) is 6.42 Å². The first-order valence-corrected chi connectivity index (χ1v) is 8.70. The summed E-state index contributed by atoms with van der Waals surface area (Å²) >= 11 is 0. The molecule has 0 atom stereocenters. The molecule has 5 nitrogen and oxygen atoms in total. The average Bonchev–Trinajstić information content (AvgIpc) is 2.38. The van der Waals surface area contributed by atoms with Crippen molar-refractivity contribution in [2.75, 3.05) is 17.8 Å². The average molecular weight is 306 g/mol. The summed E-state index contributed by atoms with van der Waals surface area (Å²) in [7, 11) is -2.47. The number of carbonyl (C=O) groups excluding carboxylic acids is 2. The molecule has 0 fully saturated rings. The standard InChI is InChI=1S/C15H18N2O3S/c1-4-5-6-7-14(18)16-13-10-8-12(9-11-13)15(19)17-21(2,3)20/h1,8-11H,5-7H2,2-3H3,(H,16,18). The van der Waals surface area contributed by atoms with Crippen molar-refractivity contribution in [2.45, 2.75) is 19.3 Å². The molecule has 0 radical (unpaired) electrons.